The number of aromatic amines is 1. The van der Waals surface area contributed by atoms with Gasteiger partial charge in [-0.15, -0.1) is 5.10 Å². The van der Waals surface area contributed by atoms with Crippen LogP contribution >= 0.6 is 0 Å². The van der Waals surface area contributed by atoms with E-state index < -0.39 is 0 Å². The van der Waals surface area contributed by atoms with E-state index in [1.807, 2.05) is 41.9 Å². The second-order valence-corrected chi connectivity index (χ2v) is 8.82. The van der Waals surface area contributed by atoms with Crippen LogP contribution in [0, 0.1) is 6.92 Å². The number of nitrogens with zero attached hydrogens (tertiary/aromatic N) is 5. The molecule has 0 aliphatic heterocycles. The van der Waals surface area contributed by atoms with E-state index >= 15 is 0 Å². The average Bonchev–Trinajstić information content (AvgIpc) is 3.47. The van der Waals surface area contributed by atoms with E-state index in [-0.39, 0.29) is 5.56 Å². The van der Waals surface area contributed by atoms with Gasteiger partial charge in [0.05, 0.1) is 12.6 Å². The summed E-state index contributed by atoms with van der Waals surface area (Å²) >= 11 is 0. The molecule has 0 bridgehead atoms. The Labute approximate surface area is 187 Å². The molecule has 1 N–H and O–H groups in total. The molecule has 1 fully saturated rings. The maximum absolute atomic E-state index is 12.9. The van der Waals surface area contributed by atoms with Crippen LogP contribution in [0.2, 0.25) is 0 Å². The number of tetrazole rings is 1. The largest absolute Gasteiger partial charge is 0.322 e. The van der Waals surface area contributed by atoms with E-state index in [1.165, 1.54) is 18.4 Å². The molecule has 7 nitrogen and oxygen atoms in total. The fraction of sp³-hybridized carbons (Fsp3) is 0.360. The number of rotatable bonds is 7. The minimum atomic E-state index is -0.0449. The zero-order valence-corrected chi connectivity index (χ0v) is 18.4. The summed E-state index contributed by atoms with van der Waals surface area (Å²) < 4.78 is 2.00. The number of nitrogens with one attached hydrogen (secondary N) is 1. The number of pyridine rings is 1. The Morgan fingerprint density at radius 2 is 1.84 bits per heavy atom. The standard InChI is InChI=1S/C25H28N6O/c1-18-11-12-20-14-21(25(32)26-23(20)13-18)16-30(15-19-7-3-2-4-8-19)17-24-27-28-29-31(24)22-9-5-6-10-22/h2-4,7-8,11-14,22H,5-6,9-10,15-17H2,1H3,(H,26,32). The van der Waals surface area contributed by atoms with Crippen molar-refractivity contribution in [2.75, 3.05) is 0 Å². The van der Waals surface area contributed by atoms with Crippen LogP contribution in [0.1, 0.15) is 54.2 Å². The van der Waals surface area contributed by atoms with Crippen molar-refractivity contribution in [3.63, 3.8) is 0 Å². The molecule has 0 unspecified atom stereocenters. The summed E-state index contributed by atoms with van der Waals surface area (Å²) in [4.78, 5) is 18.2. The fourth-order valence-corrected chi connectivity index (χ4v) is 4.68. The topological polar surface area (TPSA) is 79.7 Å². The van der Waals surface area contributed by atoms with Crippen LogP contribution in [0.5, 0.6) is 0 Å². The lowest BCUT2D eigenvalue weighted by atomic mass is 10.1. The summed E-state index contributed by atoms with van der Waals surface area (Å²) in [5, 5.41) is 13.6. The zero-order valence-electron chi connectivity index (χ0n) is 18.4. The number of fused-ring (bicyclic) bond motifs is 1. The molecule has 164 valence electrons. The Hall–Kier alpha value is -3.32. The first kappa shape index (κ1) is 20.6. The van der Waals surface area contributed by atoms with Gasteiger partial charge < -0.3 is 4.98 Å². The zero-order chi connectivity index (χ0) is 21.9. The number of hydrogen-bond acceptors (Lipinski definition) is 5. The summed E-state index contributed by atoms with van der Waals surface area (Å²) in [7, 11) is 0. The molecular weight excluding hydrogens is 400 g/mol. The first-order valence-electron chi connectivity index (χ1n) is 11.3. The highest BCUT2D eigenvalue weighted by molar-refractivity contribution is 5.79. The van der Waals surface area contributed by atoms with Gasteiger partial charge in [0.2, 0.25) is 0 Å². The lowest BCUT2D eigenvalue weighted by Gasteiger charge is -2.23. The van der Waals surface area contributed by atoms with E-state index in [2.05, 4.69) is 49.7 Å². The Morgan fingerprint density at radius 1 is 1.03 bits per heavy atom. The van der Waals surface area contributed by atoms with Crippen molar-refractivity contribution in [1.82, 2.24) is 30.1 Å². The number of benzene rings is 2. The van der Waals surface area contributed by atoms with Gasteiger partial charge in [0.25, 0.3) is 5.56 Å². The first-order valence-corrected chi connectivity index (χ1v) is 11.3. The molecule has 2 aromatic carbocycles. The molecule has 0 saturated heterocycles. The van der Waals surface area contributed by atoms with Gasteiger partial charge in [-0.25, -0.2) is 4.68 Å². The Morgan fingerprint density at radius 3 is 2.66 bits per heavy atom. The van der Waals surface area contributed by atoms with Gasteiger partial charge in [0.1, 0.15) is 0 Å². The van der Waals surface area contributed by atoms with Crippen LogP contribution in [0.4, 0.5) is 0 Å². The molecule has 2 aromatic heterocycles. The molecular formula is C25H28N6O. The second-order valence-electron chi connectivity index (χ2n) is 8.82. The lowest BCUT2D eigenvalue weighted by molar-refractivity contribution is 0.231. The Balaban J connectivity index is 1.45. The third-order valence-corrected chi connectivity index (χ3v) is 6.32. The van der Waals surface area contributed by atoms with Crippen molar-refractivity contribution in [2.24, 2.45) is 0 Å². The summed E-state index contributed by atoms with van der Waals surface area (Å²) in [6.45, 7) is 3.85. The smallest absolute Gasteiger partial charge is 0.252 e. The molecule has 0 atom stereocenters. The quantitative estimate of drug-likeness (QED) is 0.479. The van der Waals surface area contributed by atoms with Gasteiger partial charge >= 0.3 is 0 Å². The van der Waals surface area contributed by atoms with Gasteiger partial charge in [-0.3, -0.25) is 9.69 Å². The SMILES string of the molecule is Cc1ccc2cc(CN(Cc3ccccc3)Cc3nnnn3C3CCCC3)c(=O)[nH]c2c1. The molecule has 0 amide bonds. The molecule has 0 radical (unpaired) electrons. The van der Waals surface area contributed by atoms with E-state index in [9.17, 15) is 4.79 Å². The maximum atomic E-state index is 12.9. The van der Waals surface area contributed by atoms with E-state index in [1.54, 1.807) is 0 Å². The van der Waals surface area contributed by atoms with E-state index in [0.29, 0.717) is 25.7 Å². The third-order valence-electron chi connectivity index (χ3n) is 6.32. The number of hydrogen-bond donors (Lipinski definition) is 1. The van der Waals surface area contributed by atoms with E-state index in [4.69, 9.17) is 0 Å². The van der Waals surface area contributed by atoms with Gasteiger partial charge in [0.15, 0.2) is 5.82 Å². The Kier molecular flexibility index (Phi) is 5.81. The molecule has 1 aliphatic carbocycles. The van der Waals surface area contributed by atoms with Crippen molar-refractivity contribution in [1.29, 1.82) is 0 Å². The van der Waals surface area contributed by atoms with Crippen molar-refractivity contribution in [3.8, 4) is 0 Å². The highest BCUT2D eigenvalue weighted by atomic mass is 16.1. The van der Waals surface area contributed by atoms with E-state index in [0.717, 1.165) is 40.7 Å². The highest BCUT2D eigenvalue weighted by Gasteiger charge is 2.23. The summed E-state index contributed by atoms with van der Waals surface area (Å²) in [6.07, 6.45) is 4.70. The third kappa shape index (κ3) is 4.48. The van der Waals surface area contributed by atoms with Crippen molar-refractivity contribution < 1.29 is 0 Å². The maximum Gasteiger partial charge on any atom is 0.252 e. The number of H-pyrrole nitrogens is 1. The molecule has 1 aliphatic rings. The van der Waals surface area contributed by atoms with Gasteiger partial charge in [-0.2, -0.15) is 0 Å². The van der Waals surface area contributed by atoms with Gasteiger partial charge in [-0.05, 0) is 58.8 Å². The minimum Gasteiger partial charge on any atom is -0.322 e. The normalized spacial score (nSPS) is 14.6. The van der Waals surface area contributed by atoms with Gasteiger partial charge in [0, 0.05) is 24.2 Å². The molecule has 4 aromatic rings. The Bertz CT molecular complexity index is 1260. The van der Waals surface area contributed by atoms with Crippen molar-refractivity contribution >= 4 is 10.9 Å². The predicted molar refractivity (Wildman–Crippen MR) is 124 cm³/mol. The van der Waals surface area contributed by atoms with Gasteiger partial charge in [-0.1, -0.05) is 55.3 Å². The summed E-state index contributed by atoms with van der Waals surface area (Å²) in [5.74, 6) is 0.862. The molecule has 32 heavy (non-hydrogen) atoms. The molecule has 1 saturated carbocycles. The summed E-state index contributed by atoms with van der Waals surface area (Å²) in [5.41, 5.74) is 3.90. The summed E-state index contributed by atoms with van der Waals surface area (Å²) in [6, 6.07) is 18.9. The average molecular weight is 429 g/mol. The number of aromatic nitrogens is 5. The van der Waals surface area contributed by atoms with Crippen LogP contribution < -0.4 is 5.56 Å². The molecule has 7 heteroatoms. The molecule has 5 rings (SSSR count). The number of aryl methyl sites for hydroxylation is 1. The van der Waals surface area contributed by atoms with Crippen molar-refractivity contribution in [2.45, 2.75) is 58.3 Å². The molecule has 0 spiro atoms. The monoisotopic (exact) mass is 428 g/mol. The predicted octanol–water partition coefficient (Wildman–Crippen LogP) is 4.14. The lowest BCUT2D eigenvalue weighted by Crippen LogP contribution is -2.28. The van der Waals surface area contributed by atoms with Crippen LogP contribution in [-0.2, 0) is 19.6 Å². The van der Waals surface area contributed by atoms with Crippen LogP contribution in [-0.4, -0.2) is 30.1 Å². The second kappa shape index (κ2) is 9.04. The van der Waals surface area contributed by atoms with Crippen molar-refractivity contribution in [3.05, 3.63) is 87.5 Å². The van der Waals surface area contributed by atoms with Crippen LogP contribution in [0.15, 0.2) is 59.4 Å². The minimum absolute atomic E-state index is 0.0449. The van der Waals surface area contributed by atoms with Crippen LogP contribution in [0.3, 0.4) is 0 Å². The molecule has 2 heterocycles. The highest BCUT2D eigenvalue weighted by Crippen LogP contribution is 2.29. The first-order chi connectivity index (χ1) is 15.7. The van der Waals surface area contributed by atoms with Crippen LogP contribution in [0.25, 0.3) is 10.9 Å². The fourth-order valence-electron chi connectivity index (χ4n) is 4.68.